The summed E-state index contributed by atoms with van der Waals surface area (Å²) in [7, 11) is 0. The van der Waals surface area contributed by atoms with Crippen LogP contribution in [0.4, 0.5) is 4.39 Å². The molecule has 0 N–H and O–H groups in total. The first-order valence-corrected chi connectivity index (χ1v) is 10.2. The molecule has 3 rings (SSSR count). The molecule has 1 aliphatic heterocycles. The van der Waals surface area contributed by atoms with Gasteiger partial charge in [-0.25, -0.2) is 4.39 Å². The van der Waals surface area contributed by atoms with Crippen LogP contribution in [0.3, 0.4) is 0 Å². The molecule has 1 amide bonds. The van der Waals surface area contributed by atoms with E-state index >= 15 is 0 Å². The molecule has 1 fully saturated rings. The number of carbonyl (C=O) groups excluding carboxylic acids is 1. The number of ether oxygens (including phenoxy) is 2. The van der Waals surface area contributed by atoms with Gasteiger partial charge in [-0.05, 0) is 54.8 Å². The van der Waals surface area contributed by atoms with Gasteiger partial charge in [-0.3, -0.25) is 9.69 Å². The van der Waals surface area contributed by atoms with Crippen molar-refractivity contribution in [1.82, 2.24) is 9.80 Å². The standard InChI is InChI=1S/C23H29FN2O3/c1-2-16-28-21-8-10-22(11-9-21)29-18-23(27)26-13-3-12-25(14-15-26)17-19-4-6-20(24)7-5-19/h4-11H,2-3,12-18H2,1H3. The molecule has 5 nitrogen and oxygen atoms in total. The average Bonchev–Trinajstić information content (AvgIpc) is 2.98. The van der Waals surface area contributed by atoms with E-state index in [0.29, 0.717) is 18.9 Å². The van der Waals surface area contributed by atoms with Gasteiger partial charge < -0.3 is 14.4 Å². The molecule has 0 aromatic heterocycles. The first-order valence-electron chi connectivity index (χ1n) is 10.2. The Balaban J connectivity index is 1.43. The van der Waals surface area contributed by atoms with Gasteiger partial charge in [0.25, 0.3) is 5.91 Å². The fraction of sp³-hybridized carbons (Fsp3) is 0.435. The third-order valence-electron chi connectivity index (χ3n) is 4.92. The second-order valence-electron chi connectivity index (χ2n) is 7.25. The Labute approximate surface area is 172 Å². The van der Waals surface area contributed by atoms with Crippen molar-refractivity contribution in [3.8, 4) is 11.5 Å². The lowest BCUT2D eigenvalue weighted by atomic mass is 10.2. The third kappa shape index (κ3) is 6.75. The van der Waals surface area contributed by atoms with Crippen molar-refractivity contribution < 1.29 is 18.7 Å². The predicted octanol–water partition coefficient (Wildman–Crippen LogP) is 3.73. The molecule has 2 aromatic carbocycles. The van der Waals surface area contributed by atoms with E-state index in [1.165, 1.54) is 12.1 Å². The lowest BCUT2D eigenvalue weighted by molar-refractivity contribution is -0.133. The van der Waals surface area contributed by atoms with Crippen molar-refractivity contribution >= 4 is 5.91 Å². The summed E-state index contributed by atoms with van der Waals surface area (Å²) < 4.78 is 24.3. The highest BCUT2D eigenvalue weighted by Crippen LogP contribution is 2.18. The molecular weight excluding hydrogens is 371 g/mol. The summed E-state index contributed by atoms with van der Waals surface area (Å²) >= 11 is 0. The summed E-state index contributed by atoms with van der Waals surface area (Å²) in [6, 6.07) is 14.0. The summed E-state index contributed by atoms with van der Waals surface area (Å²) in [5.74, 6) is 1.25. The van der Waals surface area contributed by atoms with Crippen molar-refractivity contribution in [2.24, 2.45) is 0 Å². The van der Waals surface area contributed by atoms with Crippen LogP contribution in [-0.2, 0) is 11.3 Å². The smallest absolute Gasteiger partial charge is 0.260 e. The summed E-state index contributed by atoms with van der Waals surface area (Å²) in [5.41, 5.74) is 1.08. The maximum atomic E-state index is 13.1. The number of carbonyl (C=O) groups is 1. The molecule has 2 aromatic rings. The number of halogens is 1. The Morgan fingerprint density at radius 3 is 2.31 bits per heavy atom. The van der Waals surface area contributed by atoms with Gasteiger partial charge in [0.1, 0.15) is 17.3 Å². The van der Waals surface area contributed by atoms with E-state index in [4.69, 9.17) is 9.47 Å². The maximum absolute atomic E-state index is 13.1. The molecule has 29 heavy (non-hydrogen) atoms. The van der Waals surface area contributed by atoms with Crippen molar-refractivity contribution in [1.29, 1.82) is 0 Å². The fourth-order valence-electron chi connectivity index (χ4n) is 3.31. The Morgan fingerprint density at radius 1 is 0.931 bits per heavy atom. The average molecular weight is 400 g/mol. The number of amides is 1. The van der Waals surface area contributed by atoms with Gasteiger partial charge in [0, 0.05) is 32.7 Å². The molecule has 6 heteroatoms. The molecule has 0 spiro atoms. The summed E-state index contributed by atoms with van der Waals surface area (Å²) in [6.07, 6.45) is 1.88. The van der Waals surface area contributed by atoms with Crippen molar-refractivity contribution in [3.05, 3.63) is 59.9 Å². The van der Waals surface area contributed by atoms with Crippen LogP contribution in [0.1, 0.15) is 25.3 Å². The minimum absolute atomic E-state index is 0.0000540. The summed E-state index contributed by atoms with van der Waals surface area (Å²) in [6.45, 7) is 6.67. The van der Waals surface area contributed by atoms with Crippen LogP contribution in [0.2, 0.25) is 0 Å². The zero-order valence-electron chi connectivity index (χ0n) is 17.0. The van der Waals surface area contributed by atoms with Gasteiger partial charge in [-0.2, -0.15) is 0 Å². The molecule has 0 unspecified atom stereocenters. The van der Waals surface area contributed by atoms with Crippen molar-refractivity contribution in [3.63, 3.8) is 0 Å². The van der Waals surface area contributed by atoms with Crippen LogP contribution < -0.4 is 9.47 Å². The van der Waals surface area contributed by atoms with Crippen molar-refractivity contribution in [2.45, 2.75) is 26.3 Å². The fourth-order valence-corrected chi connectivity index (χ4v) is 3.31. The number of nitrogens with zero attached hydrogens (tertiary/aromatic N) is 2. The number of rotatable bonds is 8. The van der Waals surface area contributed by atoms with Gasteiger partial charge >= 0.3 is 0 Å². The topological polar surface area (TPSA) is 42.0 Å². The maximum Gasteiger partial charge on any atom is 0.260 e. The molecule has 1 aliphatic rings. The molecule has 1 heterocycles. The minimum atomic E-state index is -0.218. The van der Waals surface area contributed by atoms with E-state index in [1.807, 2.05) is 41.3 Å². The Morgan fingerprint density at radius 2 is 1.62 bits per heavy atom. The van der Waals surface area contributed by atoms with Gasteiger partial charge in [0.15, 0.2) is 6.61 Å². The molecule has 156 valence electrons. The lowest BCUT2D eigenvalue weighted by Crippen LogP contribution is -2.38. The molecule has 1 saturated heterocycles. The van der Waals surface area contributed by atoms with Crippen LogP contribution in [0.25, 0.3) is 0 Å². The SMILES string of the molecule is CCCOc1ccc(OCC(=O)N2CCCN(Cc3ccc(F)cc3)CC2)cc1. The Kier molecular flexibility index (Phi) is 7.87. The first kappa shape index (κ1) is 21.1. The highest BCUT2D eigenvalue weighted by molar-refractivity contribution is 5.77. The zero-order valence-corrected chi connectivity index (χ0v) is 17.0. The number of hydrogen-bond donors (Lipinski definition) is 0. The second kappa shape index (κ2) is 10.8. The van der Waals surface area contributed by atoms with Crippen molar-refractivity contribution in [2.75, 3.05) is 39.4 Å². The first-order chi connectivity index (χ1) is 14.1. The molecule has 0 aliphatic carbocycles. The number of hydrogen-bond acceptors (Lipinski definition) is 4. The molecule has 0 atom stereocenters. The van der Waals surface area contributed by atoms with Crippen LogP contribution in [0.5, 0.6) is 11.5 Å². The molecule has 0 radical (unpaired) electrons. The highest BCUT2D eigenvalue weighted by atomic mass is 19.1. The van der Waals surface area contributed by atoms with E-state index in [0.717, 1.165) is 50.3 Å². The summed E-state index contributed by atoms with van der Waals surface area (Å²) in [5, 5.41) is 0. The predicted molar refractivity (Wildman–Crippen MR) is 111 cm³/mol. The van der Waals surface area contributed by atoms with E-state index < -0.39 is 0 Å². The van der Waals surface area contributed by atoms with Gasteiger partial charge in [-0.1, -0.05) is 19.1 Å². The van der Waals surface area contributed by atoms with Gasteiger partial charge in [-0.15, -0.1) is 0 Å². The van der Waals surface area contributed by atoms with E-state index in [9.17, 15) is 9.18 Å². The van der Waals surface area contributed by atoms with Gasteiger partial charge in [0.2, 0.25) is 0 Å². The van der Waals surface area contributed by atoms with E-state index in [-0.39, 0.29) is 18.3 Å². The molecule has 0 bridgehead atoms. The van der Waals surface area contributed by atoms with E-state index in [1.54, 1.807) is 0 Å². The zero-order chi connectivity index (χ0) is 20.5. The highest BCUT2D eigenvalue weighted by Gasteiger charge is 2.19. The monoisotopic (exact) mass is 400 g/mol. The molecular formula is C23H29FN2O3. The Hall–Kier alpha value is -2.60. The third-order valence-corrected chi connectivity index (χ3v) is 4.92. The quantitative estimate of drug-likeness (QED) is 0.677. The van der Waals surface area contributed by atoms with Crippen LogP contribution in [0, 0.1) is 5.82 Å². The van der Waals surface area contributed by atoms with Crippen LogP contribution in [-0.4, -0.2) is 55.1 Å². The largest absolute Gasteiger partial charge is 0.494 e. The van der Waals surface area contributed by atoms with Crippen LogP contribution >= 0.6 is 0 Å². The number of benzene rings is 2. The minimum Gasteiger partial charge on any atom is -0.494 e. The lowest BCUT2D eigenvalue weighted by Gasteiger charge is -2.22. The van der Waals surface area contributed by atoms with Gasteiger partial charge in [0.05, 0.1) is 6.61 Å². The van der Waals surface area contributed by atoms with Crippen LogP contribution in [0.15, 0.2) is 48.5 Å². The molecule has 0 saturated carbocycles. The Bertz CT molecular complexity index is 765. The van der Waals surface area contributed by atoms with E-state index in [2.05, 4.69) is 11.8 Å². The summed E-state index contributed by atoms with van der Waals surface area (Å²) in [4.78, 5) is 16.7. The normalized spacial score (nSPS) is 15.0. The second-order valence-corrected chi connectivity index (χ2v) is 7.25.